The van der Waals surface area contributed by atoms with Gasteiger partial charge in [0, 0.05) is 39.3 Å². The SMILES string of the molecule is C=CCNC(=O)CN1CCN(C(=O)C2CNCC2C)CC1. The average molecular weight is 294 g/mol. The van der Waals surface area contributed by atoms with Crippen molar-refractivity contribution in [2.24, 2.45) is 11.8 Å². The van der Waals surface area contributed by atoms with Gasteiger partial charge >= 0.3 is 0 Å². The van der Waals surface area contributed by atoms with E-state index in [9.17, 15) is 9.59 Å². The third kappa shape index (κ3) is 4.28. The molecule has 2 heterocycles. The summed E-state index contributed by atoms with van der Waals surface area (Å²) in [7, 11) is 0. The minimum Gasteiger partial charge on any atom is -0.352 e. The Hall–Kier alpha value is -1.40. The van der Waals surface area contributed by atoms with E-state index in [1.165, 1.54) is 0 Å². The Morgan fingerprint density at radius 2 is 2.00 bits per heavy atom. The van der Waals surface area contributed by atoms with E-state index in [0.717, 1.165) is 39.3 Å². The normalized spacial score (nSPS) is 26.6. The van der Waals surface area contributed by atoms with E-state index in [2.05, 4.69) is 29.0 Å². The van der Waals surface area contributed by atoms with Crippen molar-refractivity contribution in [2.45, 2.75) is 6.92 Å². The molecule has 2 saturated heterocycles. The molecular formula is C15H26N4O2. The first kappa shape index (κ1) is 16.0. The molecule has 2 amide bonds. The van der Waals surface area contributed by atoms with E-state index < -0.39 is 0 Å². The summed E-state index contributed by atoms with van der Waals surface area (Å²) in [4.78, 5) is 28.2. The van der Waals surface area contributed by atoms with Gasteiger partial charge in [0.05, 0.1) is 12.5 Å². The molecule has 118 valence electrons. The lowest BCUT2D eigenvalue weighted by atomic mass is 9.96. The maximum atomic E-state index is 12.5. The minimum absolute atomic E-state index is 0.0169. The van der Waals surface area contributed by atoms with E-state index in [1.54, 1.807) is 6.08 Å². The highest BCUT2D eigenvalue weighted by atomic mass is 16.2. The lowest BCUT2D eigenvalue weighted by molar-refractivity contribution is -0.138. The number of nitrogens with zero attached hydrogens (tertiary/aromatic N) is 2. The Balaban J connectivity index is 1.74. The van der Waals surface area contributed by atoms with Crippen molar-refractivity contribution in [3.63, 3.8) is 0 Å². The number of rotatable bonds is 5. The summed E-state index contributed by atoms with van der Waals surface area (Å²) in [5.41, 5.74) is 0. The highest BCUT2D eigenvalue weighted by Crippen LogP contribution is 2.19. The van der Waals surface area contributed by atoms with Gasteiger partial charge in [0.25, 0.3) is 0 Å². The molecular weight excluding hydrogens is 268 g/mol. The van der Waals surface area contributed by atoms with Gasteiger partial charge in [0.15, 0.2) is 0 Å². The van der Waals surface area contributed by atoms with Crippen LogP contribution in [0.1, 0.15) is 6.92 Å². The number of carbonyl (C=O) groups is 2. The second-order valence-corrected chi connectivity index (χ2v) is 5.94. The van der Waals surface area contributed by atoms with Crippen LogP contribution in [0, 0.1) is 11.8 Å². The van der Waals surface area contributed by atoms with Crippen LogP contribution in [0.25, 0.3) is 0 Å². The van der Waals surface area contributed by atoms with Crippen molar-refractivity contribution < 1.29 is 9.59 Å². The van der Waals surface area contributed by atoms with E-state index in [-0.39, 0.29) is 17.7 Å². The van der Waals surface area contributed by atoms with Gasteiger partial charge in [0.1, 0.15) is 0 Å². The van der Waals surface area contributed by atoms with Crippen LogP contribution in [0.3, 0.4) is 0 Å². The van der Waals surface area contributed by atoms with Crippen molar-refractivity contribution in [2.75, 3.05) is 52.4 Å². The second-order valence-electron chi connectivity index (χ2n) is 5.94. The zero-order valence-corrected chi connectivity index (χ0v) is 12.8. The molecule has 0 saturated carbocycles. The number of hydrogen-bond donors (Lipinski definition) is 2. The Kier molecular flexibility index (Phi) is 5.76. The third-order valence-corrected chi connectivity index (χ3v) is 4.33. The van der Waals surface area contributed by atoms with Gasteiger partial charge in [-0.2, -0.15) is 0 Å². The van der Waals surface area contributed by atoms with Crippen LogP contribution in [0.15, 0.2) is 12.7 Å². The van der Waals surface area contributed by atoms with Gasteiger partial charge in [-0.15, -0.1) is 6.58 Å². The first-order valence-electron chi connectivity index (χ1n) is 7.71. The van der Waals surface area contributed by atoms with Crippen molar-refractivity contribution in [1.29, 1.82) is 0 Å². The van der Waals surface area contributed by atoms with Crippen LogP contribution >= 0.6 is 0 Å². The lowest BCUT2D eigenvalue weighted by Gasteiger charge is -2.36. The Bertz CT molecular complexity index is 391. The topological polar surface area (TPSA) is 64.7 Å². The second kappa shape index (κ2) is 7.56. The van der Waals surface area contributed by atoms with E-state index in [4.69, 9.17) is 0 Å². The smallest absolute Gasteiger partial charge is 0.234 e. The molecule has 2 rings (SSSR count). The molecule has 0 aromatic carbocycles. The van der Waals surface area contributed by atoms with Crippen LogP contribution in [0.5, 0.6) is 0 Å². The standard InChI is InChI=1S/C15H26N4O2/c1-3-4-17-14(20)11-18-5-7-19(8-6-18)15(21)13-10-16-9-12(13)2/h3,12-13,16H,1,4-11H2,2H3,(H,17,20). The van der Waals surface area contributed by atoms with Crippen LogP contribution in [-0.2, 0) is 9.59 Å². The zero-order chi connectivity index (χ0) is 15.2. The van der Waals surface area contributed by atoms with Gasteiger partial charge in [-0.1, -0.05) is 13.0 Å². The average Bonchev–Trinajstić information content (AvgIpc) is 2.91. The fourth-order valence-corrected chi connectivity index (χ4v) is 2.95. The zero-order valence-electron chi connectivity index (χ0n) is 12.8. The molecule has 0 radical (unpaired) electrons. The predicted octanol–water partition coefficient (Wildman–Crippen LogP) is -0.712. The summed E-state index contributed by atoms with van der Waals surface area (Å²) in [6, 6.07) is 0. The van der Waals surface area contributed by atoms with Crippen LogP contribution < -0.4 is 10.6 Å². The molecule has 21 heavy (non-hydrogen) atoms. The summed E-state index contributed by atoms with van der Waals surface area (Å²) < 4.78 is 0. The van der Waals surface area contributed by atoms with E-state index in [0.29, 0.717) is 19.0 Å². The maximum absolute atomic E-state index is 12.5. The molecule has 2 atom stereocenters. The first-order valence-corrected chi connectivity index (χ1v) is 7.71. The van der Waals surface area contributed by atoms with Crippen molar-refractivity contribution >= 4 is 11.8 Å². The molecule has 0 spiro atoms. The highest BCUT2D eigenvalue weighted by Gasteiger charge is 2.34. The predicted molar refractivity (Wildman–Crippen MR) is 81.8 cm³/mol. The van der Waals surface area contributed by atoms with Crippen molar-refractivity contribution in [1.82, 2.24) is 20.4 Å². The van der Waals surface area contributed by atoms with Crippen molar-refractivity contribution in [3.8, 4) is 0 Å². The molecule has 2 unspecified atom stereocenters. The lowest BCUT2D eigenvalue weighted by Crippen LogP contribution is -2.53. The van der Waals surface area contributed by atoms with Gasteiger partial charge in [-0.25, -0.2) is 0 Å². The minimum atomic E-state index is 0.0169. The van der Waals surface area contributed by atoms with E-state index >= 15 is 0 Å². The quantitative estimate of drug-likeness (QED) is 0.658. The molecule has 2 aliphatic heterocycles. The first-order chi connectivity index (χ1) is 10.1. The summed E-state index contributed by atoms with van der Waals surface area (Å²) in [5.74, 6) is 0.819. The molecule has 6 nitrogen and oxygen atoms in total. The van der Waals surface area contributed by atoms with Crippen molar-refractivity contribution in [3.05, 3.63) is 12.7 Å². The summed E-state index contributed by atoms with van der Waals surface area (Å²) in [6.45, 7) is 11.3. The Morgan fingerprint density at radius 1 is 1.29 bits per heavy atom. The van der Waals surface area contributed by atoms with Gasteiger partial charge < -0.3 is 15.5 Å². The summed E-state index contributed by atoms with van der Waals surface area (Å²) in [5, 5.41) is 6.05. The fourth-order valence-electron chi connectivity index (χ4n) is 2.95. The summed E-state index contributed by atoms with van der Waals surface area (Å²) >= 11 is 0. The monoisotopic (exact) mass is 294 g/mol. The van der Waals surface area contributed by atoms with Crippen LogP contribution in [0.2, 0.25) is 0 Å². The van der Waals surface area contributed by atoms with Crippen LogP contribution in [0.4, 0.5) is 0 Å². The number of amides is 2. The molecule has 0 bridgehead atoms. The number of hydrogen-bond acceptors (Lipinski definition) is 4. The molecule has 0 aromatic rings. The molecule has 6 heteroatoms. The van der Waals surface area contributed by atoms with Gasteiger partial charge in [-0.3, -0.25) is 14.5 Å². The molecule has 2 N–H and O–H groups in total. The molecule has 2 aliphatic rings. The van der Waals surface area contributed by atoms with Crippen LogP contribution in [-0.4, -0.2) is 74.0 Å². The number of piperazine rings is 1. The Labute approximate surface area is 126 Å². The largest absolute Gasteiger partial charge is 0.352 e. The number of carbonyl (C=O) groups excluding carboxylic acids is 2. The van der Waals surface area contributed by atoms with Gasteiger partial charge in [0.2, 0.25) is 11.8 Å². The third-order valence-electron chi connectivity index (χ3n) is 4.33. The van der Waals surface area contributed by atoms with E-state index in [1.807, 2.05) is 4.90 Å². The van der Waals surface area contributed by atoms with Gasteiger partial charge in [-0.05, 0) is 12.5 Å². The highest BCUT2D eigenvalue weighted by molar-refractivity contribution is 5.80. The maximum Gasteiger partial charge on any atom is 0.234 e. The number of nitrogens with one attached hydrogen (secondary N) is 2. The molecule has 0 aromatic heterocycles. The summed E-state index contributed by atoms with van der Waals surface area (Å²) in [6.07, 6.45) is 1.67. The Morgan fingerprint density at radius 3 is 2.57 bits per heavy atom. The fraction of sp³-hybridized carbons (Fsp3) is 0.733. The molecule has 0 aliphatic carbocycles. The molecule has 2 fully saturated rings.